The van der Waals surface area contributed by atoms with E-state index in [0.29, 0.717) is 4.57 Å². The number of esters is 2. The van der Waals surface area contributed by atoms with E-state index in [1.807, 2.05) is 0 Å². The molecule has 1 aliphatic rings. The second-order valence-electron chi connectivity index (χ2n) is 5.69. The van der Waals surface area contributed by atoms with Crippen molar-refractivity contribution in [2.24, 2.45) is 0 Å². The number of nitrogens with zero attached hydrogens (tertiary/aromatic N) is 2. The van der Waals surface area contributed by atoms with Crippen molar-refractivity contribution in [3.8, 4) is 0 Å². The van der Waals surface area contributed by atoms with Crippen LogP contribution in [0.5, 0.6) is 0 Å². The molecule has 0 aliphatic carbocycles. The molecule has 0 aromatic carbocycles. The molecular formula is C15H17F2N3O7. The molecule has 1 fully saturated rings. The lowest BCUT2D eigenvalue weighted by molar-refractivity contribution is -0.181. The van der Waals surface area contributed by atoms with E-state index in [1.54, 1.807) is 0 Å². The second kappa shape index (κ2) is 7.80. The molecule has 1 saturated heterocycles. The molecule has 0 saturated carbocycles. The average molecular weight is 389 g/mol. The topological polar surface area (TPSA) is 143 Å². The summed E-state index contributed by atoms with van der Waals surface area (Å²) in [6, 6.07) is 1.10. The van der Waals surface area contributed by atoms with Gasteiger partial charge < -0.3 is 25.1 Å². The molecule has 2 heterocycles. The summed E-state index contributed by atoms with van der Waals surface area (Å²) in [6.07, 6.45) is -5.11. The van der Waals surface area contributed by atoms with Crippen molar-refractivity contribution < 1.29 is 37.7 Å². The first-order valence-electron chi connectivity index (χ1n) is 7.58. The number of halogens is 2. The summed E-state index contributed by atoms with van der Waals surface area (Å²) >= 11 is 0. The molecule has 10 nitrogen and oxygen atoms in total. The number of nitrogens with two attached hydrogens (primary N) is 1. The maximum absolute atomic E-state index is 14.7. The minimum Gasteiger partial charge on any atom is -0.450 e. The van der Waals surface area contributed by atoms with E-state index < -0.39 is 55.2 Å². The Morgan fingerprint density at radius 2 is 2.19 bits per heavy atom. The van der Waals surface area contributed by atoms with Gasteiger partial charge in [0.1, 0.15) is 11.9 Å². The van der Waals surface area contributed by atoms with Gasteiger partial charge in [0.15, 0.2) is 12.7 Å². The second-order valence-corrected chi connectivity index (χ2v) is 5.69. The summed E-state index contributed by atoms with van der Waals surface area (Å²) in [4.78, 5) is 38.1. The predicted octanol–water partition coefficient (Wildman–Crippen LogP) is -0.618. The molecule has 27 heavy (non-hydrogen) atoms. The number of anilines is 1. The zero-order valence-corrected chi connectivity index (χ0v) is 14.1. The van der Waals surface area contributed by atoms with Gasteiger partial charge in [-0.3, -0.25) is 4.57 Å². The van der Waals surface area contributed by atoms with Gasteiger partial charge in [0.05, 0.1) is 6.61 Å². The minimum atomic E-state index is -3.90. The monoisotopic (exact) mass is 389 g/mol. The molecule has 3 N–H and O–H groups in total. The first kappa shape index (κ1) is 20.5. The molecule has 1 aromatic heterocycles. The van der Waals surface area contributed by atoms with E-state index in [9.17, 15) is 28.3 Å². The molecule has 0 spiro atoms. The summed E-state index contributed by atoms with van der Waals surface area (Å²) < 4.78 is 44.0. The fraction of sp³-hybridized carbons (Fsp3) is 0.467. The third-order valence-corrected chi connectivity index (χ3v) is 3.56. The fourth-order valence-electron chi connectivity index (χ4n) is 2.29. The normalized spacial score (nSPS) is 23.6. The highest BCUT2D eigenvalue weighted by atomic mass is 19.3. The van der Waals surface area contributed by atoms with Crippen molar-refractivity contribution in [3.63, 3.8) is 0 Å². The van der Waals surface area contributed by atoms with Crippen molar-refractivity contribution in [1.82, 2.24) is 9.55 Å². The number of hydrogen-bond donors (Lipinski definition) is 2. The van der Waals surface area contributed by atoms with Gasteiger partial charge in [0.2, 0.25) is 6.23 Å². The first-order chi connectivity index (χ1) is 12.6. The van der Waals surface area contributed by atoms with E-state index in [2.05, 4.69) is 21.0 Å². The van der Waals surface area contributed by atoms with Crippen molar-refractivity contribution in [2.75, 3.05) is 18.9 Å². The number of carbonyl (C=O) groups is 2. The van der Waals surface area contributed by atoms with E-state index in [-0.39, 0.29) is 11.4 Å². The Labute approximate surface area is 151 Å². The predicted molar refractivity (Wildman–Crippen MR) is 84.5 cm³/mol. The van der Waals surface area contributed by atoms with Gasteiger partial charge in [0.25, 0.3) is 0 Å². The van der Waals surface area contributed by atoms with Crippen molar-refractivity contribution in [3.05, 3.63) is 34.9 Å². The van der Waals surface area contributed by atoms with Gasteiger partial charge in [0, 0.05) is 11.8 Å². The van der Waals surface area contributed by atoms with Gasteiger partial charge in [-0.25, -0.2) is 14.4 Å². The summed E-state index contributed by atoms with van der Waals surface area (Å²) in [5, 5.41) is 9.28. The van der Waals surface area contributed by atoms with Gasteiger partial charge in [-0.05, 0) is 13.0 Å². The van der Waals surface area contributed by atoms with Crippen LogP contribution in [0.25, 0.3) is 0 Å². The number of nitrogen functional groups attached to an aromatic ring is 1. The molecule has 1 aromatic rings. The van der Waals surface area contributed by atoms with Crippen molar-refractivity contribution >= 4 is 17.8 Å². The fourth-order valence-corrected chi connectivity index (χ4v) is 2.29. The zero-order chi connectivity index (χ0) is 20.4. The Morgan fingerprint density at radius 1 is 1.52 bits per heavy atom. The Morgan fingerprint density at radius 3 is 2.74 bits per heavy atom. The van der Waals surface area contributed by atoms with Gasteiger partial charge in [-0.15, -0.1) is 0 Å². The average Bonchev–Trinajstić information content (AvgIpc) is 2.83. The molecule has 0 radical (unpaired) electrons. The number of aromatic nitrogens is 2. The van der Waals surface area contributed by atoms with E-state index in [4.69, 9.17) is 10.5 Å². The van der Waals surface area contributed by atoms with Gasteiger partial charge in [-0.2, -0.15) is 13.8 Å². The maximum atomic E-state index is 14.7. The van der Waals surface area contributed by atoms with Crippen LogP contribution in [0, 0.1) is 0 Å². The number of ether oxygens (including phenoxy) is 3. The first-order valence-corrected chi connectivity index (χ1v) is 7.58. The number of rotatable bonds is 6. The van der Waals surface area contributed by atoms with E-state index in [0.717, 1.165) is 12.3 Å². The van der Waals surface area contributed by atoms with Crippen molar-refractivity contribution in [1.29, 1.82) is 0 Å². The van der Waals surface area contributed by atoms with Crippen LogP contribution in [0.4, 0.5) is 14.6 Å². The molecule has 148 valence electrons. The van der Waals surface area contributed by atoms with Crippen LogP contribution in [-0.2, 0) is 23.8 Å². The highest BCUT2D eigenvalue weighted by Crippen LogP contribution is 2.43. The standard InChI is InChI=1S/C15H17F2N3O7/c1-7(2)12(23)25-6-10(22)27-11-8(5-21)26-13(15(11,16)17)20-4-3-9(18)19-14(20)24/h3-4,8,11,13,21H,1,5-6H2,2H3,(H2,18,19,24)/t8-,11+,13?/m1/s1. The molecular weight excluding hydrogens is 372 g/mol. The largest absolute Gasteiger partial charge is 0.450 e. The number of aliphatic hydroxyl groups is 1. The number of alkyl halides is 2. The molecule has 1 aliphatic heterocycles. The van der Waals surface area contributed by atoms with E-state index in [1.165, 1.54) is 6.92 Å². The van der Waals surface area contributed by atoms with Crippen LogP contribution in [0.15, 0.2) is 29.2 Å². The van der Waals surface area contributed by atoms with Crippen LogP contribution < -0.4 is 11.4 Å². The maximum Gasteiger partial charge on any atom is 0.351 e. The van der Waals surface area contributed by atoms with Gasteiger partial charge >= 0.3 is 23.6 Å². The van der Waals surface area contributed by atoms with Crippen molar-refractivity contribution in [2.45, 2.75) is 31.3 Å². The molecule has 1 unspecified atom stereocenters. The third kappa shape index (κ3) is 4.28. The zero-order valence-electron chi connectivity index (χ0n) is 14.1. The highest BCUT2D eigenvalue weighted by Gasteiger charge is 2.62. The van der Waals surface area contributed by atoms with Crippen LogP contribution in [0.1, 0.15) is 13.2 Å². The van der Waals surface area contributed by atoms with Crippen LogP contribution in [0.2, 0.25) is 0 Å². The lowest BCUT2D eigenvalue weighted by Crippen LogP contribution is -2.45. The summed E-state index contributed by atoms with van der Waals surface area (Å²) in [7, 11) is 0. The number of hydrogen-bond acceptors (Lipinski definition) is 9. The summed E-state index contributed by atoms with van der Waals surface area (Å²) in [5.74, 6) is -6.28. The SMILES string of the molecule is C=C(C)C(=O)OCC(=O)O[C@H]1[C@@H](CO)OC(n2ccc(N)nc2=O)C1(F)F. The van der Waals surface area contributed by atoms with Crippen LogP contribution >= 0.6 is 0 Å². The lowest BCUT2D eigenvalue weighted by Gasteiger charge is -2.23. The Balaban J connectivity index is 2.18. The number of carbonyl (C=O) groups excluding carboxylic acids is 2. The minimum absolute atomic E-state index is 0.000791. The number of aliphatic hydroxyl groups excluding tert-OH is 1. The highest BCUT2D eigenvalue weighted by molar-refractivity contribution is 5.88. The summed E-state index contributed by atoms with van der Waals surface area (Å²) in [6.45, 7) is 2.76. The third-order valence-electron chi connectivity index (χ3n) is 3.56. The lowest BCUT2D eigenvalue weighted by atomic mass is 10.1. The Kier molecular flexibility index (Phi) is 5.91. The molecule has 3 atom stereocenters. The van der Waals surface area contributed by atoms with Crippen LogP contribution in [-0.4, -0.2) is 57.9 Å². The smallest absolute Gasteiger partial charge is 0.351 e. The molecule has 12 heteroatoms. The van der Waals surface area contributed by atoms with Gasteiger partial charge in [-0.1, -0.05) is 6.58 Å². The summed E-state index contributed by atoms with van der Waals surface area (Å²) in [5.41, 5.74) is 4.20. The molecule has 0 amide bonds. The molecule has 2 rings (SSSR count). The Hall–Kier alpha value is -2.86. The Bertz CT molecular complexity index is 811. The quantitative estimate of drug-likeness (QED) is 0.481. The molecule has 0 bridgehead atoms. The van der Waals surface area contributed by atoms with Crippen LogP contribution in [0.3, 0.4) is 0 Å². The van der Waals surface area contributed by atoms with E-state index >= 15 is 0 Å².